The molecule has 0 N–H and O–H groups in total. The van der Waals surface area contributed by atoms with Crippen LogP contribution in [0.5, 0.6) is 0 Å². The molecule has 1 amide bonds. The molecule has 2 nitrogen and oxygen atoms in total. The van der Waals surface area contributed by atoms with Crippen molar-refractivity contribution < 1.29 is 4.79 Å². The third kappa shape index (κ3) is 2.63. The fraction of sp³-hybridized carbons (Fsp3) is 0.300. The lowest BCUT2D eigenvalue weighted by molar-refractivity contribution is -0.117. The van der Waals surface area contributed by atoms with Crippen LogP contribution >= 0.6 is 23.2 Å². The van der Waals surface area contributed by atoms with Crippen molar-refractivity contribution >= 4 is 34.8 Å². The van der Waals surface area contributed by atoms with Crippen LogP contribution in [0.3, 0.4) is 0 Å². The minimum atomic E-state index is -0.0342. The standard InChI is InChI=1S/C10H11Cl2NO/c1-13(10(14)6-7-11)9-5-3-2-4-8(9)12/h2-5H,6-7H2,1H3. The third-order valence-corrected chi connectivity index (χ3v) is 2.40. The van der Waals surface area contributed by atoms with Gasteiger partial charge in [0.05, 0.1) is 10.7 Å². The average Bonchev–Trinajstić information content (AvgIpc) is 2.18. The lowest BCUT2D eigenvalue weighted by Crippen LogP contribution is -2.26. The van der Waals surface area contributed by atoms with E-state index in [1.165, 1.54) is 4.90 Å². The Bertz CT molecular complexity index is 328. The number of alkyl halides is 1. The smallest absolute Gasteiger partial charge is 0.227 e. The van der Waals surface area contributed by atoms with Gasteiger partial charge in [-0.25, -0.2) is 0 Å². The summed E-state index contributed by atoms with van der Waals surface area (Å²) < 4.78 is 0. The maximum atomic E-state index is 11.5. The van der Waals surface area contributed by atoms with Gasteiger partial charge in [-0.3, -0.25) is 4.79 Å². The second-order valence-electron chi connectivity index (χ2n) is 2.84. The second kappa shape index (κ2) is 5.23. The molecule has 0 saturated heterocycles. The Balaban J connectivity index is 2.84. The molecule has 0 aliphatic heterocycles. The number of carbonyl (C=O) groups excluding carboxylic acids is 1. The van der Waals surface area contributed by atoms with Crippen LogP contribution in [0.4, 0.5) is 5.69 Å². The highest BCUT2D eigenvalue weighted by Crippen LogP contribution is 2.24. The zero-order valence-corrected chi connectivity index (χ0v) is 9.35. The van der Waals surface area contributed by atoms with Gasteiger partial charge in [-0.05, 0) is 12.1 Å². The van der Waals surface area contributed by atoms with Gasteiger partial charge in [-0.1, -0.05) is 23.7 Å². The van der Waals surface area contributed by atoms with Gasteiger partial charge in [0.2, 0.25) is 5.91 Å². The van der Waals surface area contributed by atoms with E-state index in [2.05, 4.69) is 0 Å². The van der Waals surface area contributed by atoms with Crippen molar-refractivity contribution in [2.45, 2.75) is 6.42 Å². The summed E-state index contributed by atoms with van der Waals surface area (Å²) in [6.07, 6.45) is 0.323. The van der Waals surface area contributed by atoms with Gasteiger partial charge in [-0.15, -0.1) is 11.6 Å². The number of anilines is 1. The van der Waals surface area contributed by atoms with Crippen LogP contribution < -0.4 is 4.90 Å². The topological polar surface area (TPSA) is 20.3 Å². The molecule has 14 heavy (non-hydrogen) atoms. The normalized spacial score (nSPS) is 9.93. The van der Waals surface area contributed by atoms with Crippen molar-refractivity contribution in [3.8, 4) is 0 Å². The summed E-state index contributed by atoms with van der Waals surface area (Å²) in [5.74, 6) is 0.293. The summed E-state index contributed by atoms with van der Waals surface area (Å²) in [7, 11) is 1.69. The number of rotatable bonds is 3. The predicted octanol–water partition coefficient (Wildman–Crippen LogP) is 2.93. The minimum absolute atomic E-state index is 0.0342. The molecule has 0 fully saturated rings. The molecule has 0 aromatic heterocycles. The van der Waals surface area contributed by atoms with Gasteiger partial charge in [0.1, 0.15) is 0 Å². The first-order valence-electron chi connectivity index (χ1n) is 4.24. The van der Waals surface area contributed by atoms with E-state index in [1.807, 2.05) is 12.1 Å². The molecule has 1 aromatic carbocycles. The van der Waals surface area contributed by atoms with Gasteiger partial charge in [0.25, 0.3) is 0 Å². The molecule has 0 spiro atoms. The monoisotopic (exact) mass is 231 g/mol. The fourth-order valence-electron chi connectivity index (χ4n) is 1.11. The minimum Gasteiger partial charge on any atom is -0.314 e. The highest BCUT2D eigenvalue weighted by atomic mass is 35.5. The van der Waals surface area contributed by atoms with Crippen LogP contribution in [0.25, 0.3) is 0 Å². The molecule has 0 heterocycles. The first-order valence-corrected chi connectivity index (χ1v) is 5.15. The molecule has 1 aromatic rings. The molecule has 0 radical (unpaired) electrons. The van der Waals surface area contributed by atoms with Crippen LogP contribution in [0.1, 0.15) is 6.42 Å². The van der Waals surface area contributed by atoms with E-state index in [1.54, 1.807) is 19.2 Å². The van der Waals surface area contributed by atoms with E-state index in [-0.39, 0.29) is 5.91 Å². The van der Waals surface area contributed by atoms with Gasteiger partial charge in [-0.2, -0.15) is 0 Å². The molecule has 0 atom stereocenters. The first-order chi connectivity index (χ1) is 6.66. The van der Waals surface area contributed by atoms with Gasteiger partial charge in [0.15, 0.2) is 0 Å². The Kier molecular flexibility index (Phi) is 4.23. The lowest BCUT2D eigenvalue weighted by atomic mass is 10.3. The molecule has 0 saturated carbocycles. The molecule has 1 rings (SSSR count). The Labute approximate surface area is 93.4 Å². The highest BCUT2D eigenvalue weighted by molar-refractivity contribution is 6.33. The Morgan fingerprint density at radius 2 is 2.07 bits per heavy atom. The maximum absolute atomic E-state index is 11.5. The summed E-state index contributed by atoms with van der Waals surface area (Å²) in [5.41, 5.74) is 0.712. The zero-order chi connectivity index (χ0) is 10.6. The van der Waals surface area contributed by atoms with E-state index in [4.69, 9.17) is 23.2 Å². The fourth-order valence-corrected chi connectivity index (χ4v) is 1.53. The Hall–Kier alpha value is -0.730. The van der Waals surface area contributed by atoms with E-state index in [0.29, 0.717) is 23.0 Å². The first kappa shape index (κ1) is 11.3. The van der Waals surface area contributed by atoms with Crippen LogP contribution in [-0.4, -0.2) is 18.8 Å². The molecule has 0 bridgehead atoms. The highest BCUT2D eigenvalue weighted by Gasteiger charge is 2.11. The van der Waals surface area contributed by atoms with E-state index in [9.17, 15) is 4.79 Å². The second-order valence-corrected chi connectivity index (χ2v) is 3.63. The van der Waals surface area contributed by atoms with E-state index < -0.39 is 0 Å². The Morgan fingerprint density at radius 1 is 1.43 bits per heavy atom. The number of amides is 1. The van der Waals surface area contributed by atoms with Gasteiger partial charge >= 0.3 is 0 Å². The summed E-state index contributed by atoms with van der Waals surface area (Å²) >= 11 is 11.4. The third-order valence-electron chi connectivity index (χ3n) is 1.90. The molecule has 0 unspecified atom stereocenters. The van der Waals surface area contributed by atoms with Crippen LogP contribution in [0.15, 0.2) is 24.3 Å². The summed E-state index contributed by atoms with van der Waals surface area (Å²) in [6, 6.07) is 7.22. The predicted molar refractivity (Wildman–Crippen MR) is 60.2 cm³/mol. The number of carbonyl (C=O) groups is 1. The maximum Gasteiger partial charge on any atom is 0.227 e. The number of hydrogen-bond acceptors (Lipinski definition) is 1. The number of halogens is 2. The summed E-state index contributed by atoms with van der Waals surface area (Å²) in [6.45, 7) is 0. The van der Waals surface area contributed by atoms with E-state index in [0.717, 1.165) is 0 Å². The lowest BCUT2D eigenvalue weighted by Gasteiger charge is -2.17. The van der Waals surface area contributed by atoms with Gasteiger partial charge in [0, 0.05) is 19.3 Å². The van der Waals surface area contributed by atoms with Crippen molar-refractivity contribution in [3.63, 3.8) is 0 Å². The molecule has 76 valence electrons. The molecular formula is C10H11Cl2NO. The van der Waals surface area contributed by atoms with E-state index >= 15 is 0 Å². The van der Waals surface area contributed by atoms with Crippen molar-refractivity contribution in [2.24, 2.45) is 0 Å². The molecular weight excluding hydrogens is 221 g/mol. The largest absolute Gasteiger partial charge is 0.314 e. The molecule has 0 aliphatic rings. The number of hydrogen-bond donors (Lipinski definition) is 0. The van der Waals surface area contributed by atoms with Crippen LogP contribution in [0.2, 0.25) is 5.02 Å². The van der Waals surface area contributed by atoms with Crippen LogP contribution in [-0.2, 0) is 4.79 Å². The van der Waals surface area contributed by atoms with Gasteiger partial charge < -0.3 is 4.90 Å². The SMILES string of the molecule is CN(C(=O)CCCl)c1ccccc1Cl. The van der Waals surface area contributed by atoms with Crippen molar-refractivity contribution in [1.29, 1.82) is 0 Å². The van der Waals surface area contributed by atoms with Crippen molar-refractivity contribution in [3.05, 3.63) is 29.3 Å². The number of nitrogens with zero attached hydrogens (tertiary/aromatic N) is 1. The average molecular weight is 232 g/mol. The van der Waals surface area contributed by atoms with Crippen molar-refractivity contribution in [1.82, 2.24) is 0 Å². The van der Waals surface area contributed by atoms with Crippen molar-refractivity contribution in [2.75, 3.05) is 17.8 Å². The summed E-state index contributed by atoms with van der Waals surface area (Å²) in [4.78, 5) is 13.0. The number of para-hydroxylation sites is 1. The zero-order valence-electron chi connectivity index (χ0n) is 7.84. The quantitative estimate of drug-likeness (QED) is 0.733. The summed E-state index contributed by atoms with van der Waals surface area (Å²) in [5, 5.41) is 0.568. The van der Waals surface area contributed by atoms with Crippen LogP contribution in [0, 0.1) is 0 Å². The molecule has 4 heteroatoms. The number of benzene rings is 1. The molecule has 0 aliphatic carbocycles. The Morgan fingerprint density at radius 3 is 2.64 bits per heavy atom.